The number of aryl methyl sites for hydroxylation is 1. The minimum absolute atomic E-state index is 0.0149. The molecule has 2 aromatic rings. The summed E-state index contributed by atoms with van der Waals surface area (Å²) in [6.45, 7) is 3.89. The quantitative estimate of drug-likeness (QED) is 0.759. The molecule has 0 N–H and O–H groups in total. The molecule has 0 fully saturated rings. The van der Waals surface area contributed by atoms with E-state index >= 15 is 0 Å². The summed E-state index contributed by atoms with van der Waals surface area (Å²) in [6, 6.07) is 11.3. The van der Waals surface area contributed by atoms with Crippen LogP contribution < -0.4 is 4.90 Å². The first-order valence-corrected chi connectivity index (χ1v) is 9.07. The van der Waals surface area contributed by atoms with Gasteiger partial charge >= 0.3 is 0 Å². The van der Waals surface area contributed by atoms with E-state index in [2.05, 4.69) is 4.98 Å². The number of nitriles is 1. The van der Waals surface area contributed by atoms with Crippen molar-refractivity contribution in [3.8, 4) is 6.07 Å². The largest absolute Gasteiger partial charge is 0.320 e. The van der Waals surface area contributed by atoms with Gasteiger partial charge < -0.3 is 4.57 Å². The first kappa shape index (κ1) is 17.9. The second-order valence-corrected chi connectivity index (χ2v) is 7.67. The standard InChI is InChI=1S/C22H20N4O2/c1-21(2)17-9-11-26(20-24-10-12-25(20)3)19(28)22(17,13-15(14-23)18(21)27)16-7-5-4-6-8-16/h4-10,12-13H,11H2,1-3H3. The highest BCUT2D eigenvalue weighted by molar-refractivity contribution is 6.14. The molecule has 1 aliphatic carbocycles. The van der Waals surface area contributed by atoms with E-state index in [1.54, 1.807) is 41.8 Å². The van der Waals surface area contributed by atoms with Gasteiger partial charge in [0.05, 0.1) is 11.0 Å². The molecule has 1 aliphatic heterocycles. The van der Waals surface area contributed by atoms with Crippen LogP contribution in [0.1, 0.15) is 19.4 Å². The third-order valence-electron chi connectivity index (χ3n) is 5.72. The maximum atomic E-state index is 14.0. The van der Waals surface area contributed by atoms with Crippen LogP contribution in [0.5, 0.6) is 0 Å². The minimum atomic E-state index is -1.21. The van der Waals surface area contributed by atoms with Gasteiger partial charge in [0, 0.05) is 26.0 Å². The molecule has 1 atom stereocenters. The fourth-order valence-corrected chi connectivity index (χ4v) is 4.32. The lowest BCUT2D eigenvalue weighted by molar-refractivity contribution is -0.125. The summed E-state index contributed by atoms with van der Waals surface area (Å²) in [5, 5.41) is 9.63. The topological polar surface area (TPSA) is 79.0 Å². The summed E-state index contributed by atoms with van der Waals surface area (Å²) in [7, 11) is 1.83. The van der Waals surface area contributed by atoms with Crippen LogP contribution in [0.15, 0.2) is 66.0 Å². The van der Waals surface area contributed by atoms with E-state index in [-0.39, 0.29) is 17.3 Å². The number of carbonyl (C=O) groups excluding carboxylic acids is 2. The van der Waals surface area contributed by atoms with Crippen molar-refractivity contribution in [2.24, 2.45) is 12.5 Å². The van der Waals surface area contributed by atoms with Crippen molar-refractivity contribution in [3.63, 3.8) is 0 Å². The average Bonchev–Trinajstić information content (AvgIpc) is 3.12. The van der Waals surface area contributed by atoms with Crippen LogP contribution in [0.3, 0.4) is 0 Å². The van der Waals surface area contributed by atoms with Gasteiger partial charge in [0.15, 0.2) is 5.78 Å². The number of imidazole rings is 1. The number of fused-ring (bicyclic) bond motifs is 1. The van der Waals surface area contributed by atoms with Crippen molar-refractivity contribution in [1.82, 2.24) is 9.55 Å². The molecule has 2 heterocycles. The molecule has 28 heavy (non-hydrogen) atoms. The summed E-state index contributed by atoms with van der Waals surface area (Å²) < 4.78 is 1.78. The highest BCUT2D eigenvalue weighted by Crippen LogP contribution is 2.52. The molecule has 1 unspecified atom stereocenters. The Hall–Kier alpha value is -3.46. The van der Waals surface area contributed by atoms with Crippen molar-refractivity contribution in [2.45, 2.75) is 19.3 Å². The van der Waals surface area contributed by atoms with E-state index in [1.165, 1.54) is 0 Å². The average molecular weight is 372 g/mol. The van der Waals surface area contributed by atoms with Gasteiger partial charge in [0.25, 0.3) is 0 Å². The maximum Gasteiger partial charge on any atom is 0.248 e. The third kappa shape index (κ3) is 2.23. The molecule has 1 amide bonds. The van der Waals surface area contributed by atoms with Crippen molar-refractivity contribution >= 4 is 17.6 Å². The van der Waals surface area contributed by atoms with Gasteiger partial charge in [-0.2, -0.15) is 5.26 Å². The number of Topliss-reactive ketones (excluding diaryl/α,β-unsaturated/α-hetero) is 1. The van der Waals surface area contributed by atoms with Crippen molar-refractivity contribution in [3.05, 3.63) is 71.6 Å². The van der Waals surface area contributed by atoms with E-state index in [0.717, 1.165) is 5.56 Å². The third-order valence-corrected chi connectivity index (χ3v) is 5.72. The molecule has 140 valence electrons. The van der Waals surface area contributed by atoms with Gasteiger partial charge in [-0.25, -0.2) is 4.98 Å². The normalized spacial score (nSPS) is 23.6. The zero-order chi connectivity index (χ0) is 20.1. The number of hydrogen-bond acceptors (Lipinski definition) is 4. The fraction of sp³-hybridized carbons (Fsp3) is 0.273. The molecule has 0 bridgehead atoms. The Morgan fingerprint density at radius 3 is 2.50 bits per heavy atom. The monoisotopic (exact) mass is 372 g/mol. The van der Waals surface area contributed by atoms with Gasteiger partial charge in [-0.05, 0) is 31.1 Å². The van der Waals surface area contributed by atoms with Crippen LogP contribution in [-0.4, -0.2) is 27.8 Å². The van der Waals surface area contributed by atoms with Crippen LogP contribution >= 0.6 is 0 Å². The molecule has 6 heteroatoms. The Morgan fingerprint density at radius 2 is 1.89 bits per heavy atom. The summed E-state index contributed by atoms with van der Waals surface area (Å²) >= 11 is 0. The lowest BCUT2D eigenvalue weighted by atomic mass is 9.56. The summed E-state index contributed by atoms with van der Waals surface area (Å²) in [4.78, 5) is 32.8. The Kier molecular flexibility index (Phi) is 3.86. The fourth-order valence-electron chi connectivity index (χ4n) is 4.32. The predicted molar refractivity (Wildman–Crippen MR) is 104 cm³/mol. The van der Waals surface area contributed by atoms with Gasteiger partial charge in [0.2, 0.25) is 11.9 Å². The number of rotatable bonds is 2. The molecule has 6 nitrogen and oxygen atoms in total. The van der Waals surface area contributed by atoms with E-state index in [4.69, 9.17) is 0 Å². The predicted octanol–water partition coefficient (Wildman–Crippen LogP) is 2.69. The number of nitrogens with zero attached hydrogens (tertiary/aromatic N) is 4. The molecule has 0 radical (unpaired) electrons. The smallest absolute Gasteiger partial charge is 0.248 e. The molecule has 2 aliphatic rings. The number of allylic oxidation sites excluding steroid dienone is 1. The lowest BCUT2D eigenvalue weighted by Crippen LogP contribution is -2.57. The molecule has 0 saturated heterocycles. The maximum absolute atomic E-state index is 14.0. The van der Waals surface area contributed by atoms with Gasteiger partial charge in [-0.1, -0.05) is 36.4 Å². The molecule has 1 aromatic heterocycles. The number of amides is 1. The first-order valence-electron chi connectivity index (χ1n) is 9.07. The zero-order valence-electron chi connectivity index (χ0n) is 16.0. The van der Waals surface area contributed by atoms with Crippen LogP contribution in [0, 0.1) is 16.7 Å². The van der Waals surface area contributed by atoms with Crippen molar-refractivity contribution in [2.75, 3.05) is 11.4 Å². The number of benzene rings is 1. The van der Waals surface area contributed by atoms with Crippen molar-refractivity contribution < 1.29 is 9.59 Å². The van der Waals surface area contributed by atoms with E-state index in [0.29, 0.717) is 18.1 Å². The number of anilines is 1. The molecule has 0 saturated carbocycles. The van der Waals surface area contributed by atoms with Crippen molar-refractivity contribution in [1.29, 1.82) is 5.26 Å². The zero-order valence-corrected chi connectivity index (χ0v) is 16.0. The van der Waals surface area contributed by atoms with Crippen LogP contribution in [0.4, 0.5) is 5.95 Å². The summed E-state index contributed by atoms with van der Waals surface area (Å²) in [6.07, 6.45) is 6.90. The van der Waals surface area contributed by atoms with Crippen LogP contribution in [-0.2, 0) is 22.1 Å². The molecule has 4 rings (SSSR count). The van der Waals surface area contributed by atoms with E-state index in [9.17, 15) is 14.9 Å². The molecule has 0 spiro atoms. The van der Waals surface area contributed by atoms with Gasteiger partial charge in [0.1, 0.15) is 11.5 Å². The second kappa shape index (κ2) is 6.03. The van der Waals surface area contributed by atoms with Crippen LogP contribution in [0.2, 0.25) is 0 Å². The molecule has 1 aromatic carbocycles. The second-order valence-electron chi connectivity index (χ2n) is 7.67. The van der Waals surface area contributed by atoms with Gasteiger partial charge in [-0.15, -0.1) is 0 Å². The van der Waals surface area contributed by atoms with E-state index < -0.39 is 10.8 Å². The summed E-state index contributed by atoms with van der Waals surface area (Å²) in [5.74, 6) is 0.0575. The highest BCUT2D eigenvalue weighted by atomic mass is 16.2. The SMILES string of the molecule is Cn1ccnc1N1CC=C2C(C)(C)C(=O)C(C#N)=CC2(c2ccccc2)C1=O. The van der Waals surface area contributed by atoms with E-state index in [1.807, 2.05) is 49.5 Å². The Morgan fingerprint density at radius 1 is 1.18 bits per heavy atom. The minimum Gasteiger partial charge on any atom is -0.320 e. The number of aromatic nitrogens is 2. The Balaban J connectivity index is 2.05. The molecular formula is C22H20N4O2. The lowest BCUT2D eigenvalue weighted by Gasteiger charge is -2.48. The highest BCUT2D eigenvalue weighted by Gasteiger charge is 2.57. The Labute approximate surface area is 163 Å². The van der Waals surface area contributed by atoms with Gasteiger partial charge in [-0.3, -0.25) is 14.5 Å². The molecular weight excluding hydrogens is 352 g/mol. The summed E-state index contributed by atoms with van der Waals surface area (Å²) in [5.41, 5.74) is -0.710. The first-order chi connectivity index (χ1) is 13.3. The van der Waals surface area contributed by atoms with Crippen LogP contribution in [0.25, 0.3) is 0 Å². The number of carbonyl (C=O) groups is 2. The number of hydrogen-bond donors (Lipinski definition) is 0. The number of ketones is 1. The Bertz CT molecular complexity index is 1090.